The molecule has 0 aliphatic heterocycles. The van der Waals surface area contributed by atoms with Crippen molar-refractivity contribution in [3.05, 3.63) is 59.9 Å². The van der Waals surface area contributed by atoms with Gasteiger partial charge in [-0.3, -0.25) is 4.79 Å². The Hall–Kier alpha value is -2.40. The molecule has 1 amide bonds. The third-order valence-electron chi connectivity index (χ3n) is 3.26. The number of amides is 1. The number of methoxy groups -OCH3 is 1. The Morgan fingerprint density at radius 1 is 1.22 bits per heavy atom. The smallest absolute Gasteiger partial charge is 0.265 e. The van der Waals surface area contributed by atoms with Crippen LogP contribution in [0.15, 0.2) is 48.5 Å². The van der Waals surface area contributed by atoms with Gasteiger partial charge in [0.1, 0.15) is 11.6 Å². The van der Waals surface area contributed by atoms with Gasteiger partial charge in [0.05, 0.1) is 6.61 Å². The highest BCUT2D eigenvalue weighted by atomic mass is 19.1. The second kappa shape index (κ2) is 8.29. The van der Waals surface area contributed by atoms with Gasteiger partial charge in [-0.25, -0.2) is 4.39 Å². The Kier molecular flexibility index (Phi) is 6.11. The minimum absolute atomic E-state index is 0.244. The Morgan fingerprint density at radius 2 is 1.96 bits per heavy atom. The summed E-state index contributed by atoms with van der Waals surface area (Å²) in [5.41, 5.74) is 1.66. The number of benzene rings is 2. The van der Waals surface area contributed by atoms with Gasteiger partial charge >= 0.3 is 0 Å². The number of hydrogen-bond donors (Lipinski definition) is 1. The molecule has 0 spiro atoms. The van der Waals surface area contributed by atoms with Crippen molar-refractivity contribution >= 4 is 11.6 Å². The molecule has 2 rings (SSSR count). The van der Waals surface area contributed by atoms with E-state index in [4.69, 9.17) is 9.47 Å². The molecule has 2 aromatic carbocycles. The van der Waals surface area contributed by atoms with Gasteiger partial charge in [-0.1, -0.05) is 19.1 Å². The van der Waals surface area contributed by atoms with Gasteiger partial charge in [0.2, 0.25) is 0 Å². The fraction of sp³-hybridized carbons (Fsp3) is 0.278. The first-order chi connectivity index (χ1) is 11.1. The number of nitrogens with one attached hydrogen (secondary N) is 1. The lowest BCUT2D eigenvalue weighted by molar-refractivity contribution is -0.122. The van der Waals surface area contributed by atoms with Crippen molar-refractivity contribution in [2.45, 2.75) is 26.1 Å². The highest BCUT2D eigenvalue weighted by Gasteiger charge is 2.18. The van der Waals surface area contributed by atoms with Crippen LogP contribution in [0.5, 0.6) is 5.75 Å². The van der Waals surface area contributed by atoms with Crippen LogP contribution < -0.4 is 10.1 Å². The zero-order valence-electron chi connectivity index (χ0n) is 13.2. The fourth-order valence-corrected chi connectivity index (χ4v) is 2.13. The molecule has 0 aliphatic rings. The standard InChI is InChI=1S/C18H20FNO3/c1-3-17(23-16-9-7-14(19)8-10-16)18(21)20-15-6-4-5-13(11-15)12-22-2/h4-11,17H,3,12H2,1-2H3,(H,20,21). The van der Waals surface area contributed by atoms with E-state index in [2.05, 4.69) is 5.32 Å². The van der Waals surface area contributed by atoms with Crippen LogP contribution in [0.3, 0.4) is 0 Å². The molecular formula is C18H20FNO3. The minimum atomic E-state index is -0.647. The Bertz CT molecular complexity index is 643. The predicted octanol–water partition coefficient (Wildman–Crippen LogP) is 3.77. The molecule has 2 aromatic rings. The molecule has 0 aliphatic carbocycles. The fourth-order valence-electron chi connectivity index (χ4n) is 2.13. The zero-order chi connectivity index (χ0) is 16.7. The van der Waals surface area contributed by atoms with E-state index in [9.17, 15) is 9.18 Å². The third kappa shape index (κ3) is 5.07. The SMILES string of the molecule is CCC(Oc1ccc(F)cc1)C(=O)Nc1cccc(COC)c1. The second-order valence-electron chi connectivity index (χ2n) is 5.09. The lowest BCUT2D eigenvalue weighted by Crippen LogP contribution is -2.32. The van der Waals surface area contributed by atoms with E-state index >= 15 is 0 Å². The summed E-state index contributed by atoms with van der Waals surface area (Å²) >= 11 is 0. The van der Waals surface area contributed by atoms with Crippen LogP contribution in [0, 0.1) is 5.82 Å². The van der Waals surface area contributed by atoms with Gasteiger partial charge in [-0.15, -0.1) is 0 Å². The van der Waals surface area contributed by atoms with Crippen molar-refractivity contribution in [1.29, 1.82) is 0 Å². The number of rotatable bonds is 7. The Balaban J connectivity index is 2.02. The lowest BCUT2D eigenvalue weighted by atomic mass is 10.2. The average Bonchev–Trinajstić information content (AvgIpc) is 2.55. The maximum absolute atomic E-state index is 12.9. The van der Waals surface area contributed by atoms with E-state index < -0.39 is 6.10 Å². The summed E-state index contributed by atoms with van der Waals surface area (Å²) in [6.45, 7) is 2.34. The van der Waals surface area contributed by atoms with Crippen LogP contribution in [-0.2, 0) is 16.1 Å². The normalized spacial score (nSPS) is 11.8. The van der Waals surface area contributed by atoms with Crippen LogP contribution in [0.25, 0.3) is 0 Å². The van der Waals surface area contributed by atoms with Gasteiger partial charge in [0.25, 0.3) is 5.91 Å². The van der Waals surface area contributed by atoms with Gasteiger partial charge in [0.15, 0.2) is 6.10 Å². The summed E-state index contributed by atoms with van der Waals surface area (Å²) < 4.78 is 23.6. The first-order valence-corrected chi connectivity index (χ1v) is 7.43. The van der Waals surface area contributed by atoms with E-state index in [-0.39, 0.29) is 11.7 Å². The molecule has 122 valence electrons. The first kappa shape index (κ1) is 17.0. The van der Waals surface area contributed by atoms with Crippen LogP contribution >= 0.6 is 0 Å². The molecule has 0 heterocycles. The molecule has 0 saturated heterocycles. The molecule has 23 heavy (non-hydrogen) atoms. The average molecular weight is 317 g/mol. The minimum Gasteiger partial charge on any atom is -0.481 e. The maximum atomic E-state index is 12.9. The van der Waals surface area contributed by atoms with Crippen molar-refractivity contribution in [2.24, 2.45) is 0 Å². The third-order valence-corrected chi connectivity index (χ3v) is 3.26. The monoisotopic (exact) mass is 317 g/mol. The van der Waals surface area contributed by atoms with E-state index in [0.717, 1.165) is 5.56 Å². The van der Waals surface area contributed by atoms with Gasteiger partial charge in [-0.05, 0) is 48.4 Å². The molecule has 5 heteroatoms. The molecule has 0 aromatic heterocycles. The summed E-state index contributed by atoms with van der Waals surface area (Å²) in [7, 11) is 1.62. The van der Waals surface area contributed by atoms with Crippen molar-refractivity contribution in [2.75, 3.05) is 12.4 Å². The number of carbonyl (C=O) groups is 1. The topological polar surface area (TPSA) is 47.6 Å². The molecule has 1 unspecified atom stereocenters. The highest BCUT2D eigenvalue weighted by Crippen LogP contribution is 2.17. The number of hydrogen-bond acceptors (Lipinski definition) is 3. The van der Waals surface area contributed by atoms with E-state index in [0.29, 0.717) is 24.5 Å². The molecule has 0 fully saturated rings. The molecule has 1 atom stereocenters. The summed E-state index contributed by atoms with van der Waals surface area (Å²) in [5.74, 6) is -0.127. The van der Waals surface area contributed by atoms with Gasteiger partial charge in [0, 0.05) is 12.8 Å². The lowest BCUT2D eigenvalue weighted by Gasteiger charge is -2.17. The van der Waals surface area contributed by atoms with Crippen LogP contribution in [-0.4, -0.2) is 19.1 Å². The maximum Gasteiger partial charge on any atom is 0.265 e. The first-order valence-electron chi connectivity index (χ1n) is 7.43. The van der Waals surface area contributed by atoms with E-state index in [1.165, 1.54) is 24.3 Å². The highest BCUT2D eigenvalue weighted by molar-refractivity contribution is 5.94. The van der Waals surface area contributed by atoms with Crippen molar-refractivity contribution in [3.63, 3.8) is 0 Å². The van der Waals surface area contributed by atoms with Crippen LogP contribution in [0.1, 0.15) is 18.9 Å². The molecule has 1 N–H and O–H groups in total. The molecule has 0 radical (unpaired) electrons. The summed E-state index contributed by atoms with van der Waals surface area (Å²) in [5, 5.41) is 2.83. The Morgan fingerprint density at radius 3 is 2.61 bits per heavy atom. The summed E-state index contributed by atoms with van der Waals surface area (Å²) in [6.07, 6.45) is -0.146. The van der Waals surface area contributed by atoms with Crippen molar-refractivity contribution < 1.29 is 18.7 Å². The van der Waals surface area contributed by atoms with E-state index in [1.54, 1.807) is 7.11 Å². The van der Waals surface area contributed by atoms with Crippen molar-refractivity contribution in [3.8, 4) is 5.75 Å². The predicted molar refractivity (Wildman–Crippen MR) is 86.9 cm³/mol. The van der Waals surface area contributed by atoms with Crippen LogP contribution in [0.4, 0.5) is 10.1 Å². The number of anilines is 1. The molecule has 4 nitrogen and oxygen atoms in total. The summed E-state index contributed by atoms with van der Waals surface area (Å²) in [6, 6.07) is 13.0. The van der Waals surface area contributed by atoms with Gasteiger partial charge in [-0.2, -0.15) is 0 Å². The van der Waals surface area contributed by atoms with Crippen molar-refractivity contribution in [1.82, 2.24) is 0 Å². The number of halogens is 1. The quantitative estimate of drug-likeness (QED) is 0.845. The molecular weight excluding hydrogens is 297 g/mol. The number of carbonyl (C=O) groups excluding carboxylic acids is 1. The largest absolute Gasteiger partial charge is 0.481 e. The molecule has 0 saturated carbocycles. The molecule has 0 bridgehead atoms. The zero-order valence-corrected chi connectivity index (χ0v) is 13.2. The number of ether oxygens (including phenoxy) is 2. The van der Waals surface area contributed by atoms with Crippen LogP contribution in [0.2, 0.25) is 0 Å². The second-order valence-corrected chi connectivity index (χ2v) is 5.09. The van der Waals surface area contributed by atoms with Gasteiger partial charge < -0.3 is 14.8 Å². The van der Waals surface area contributed by atoms with E-state index in [1.807, 2.05) is 31.2 Å². The Labute approximate surface area is 135 Å². The summed E-state index contributed by atoms with van der Waals surface area (Å²) in [4.78, 5) is 12.3.